The van der Waals surface area contributed by atoms with E-state index >= 15 is 0 Å². The fourth-order valence-electron chi connectivity index (χ4n) is 3.98. The van der Waals surface area contributed by atoms with Crippen molar-refractivity contribution in [2.24, 2.45) is 0 Å². The highest BCUT2D eigenvalue weighted by molar-refractivity contribution is 5.95. The molecule has 0 fully saturated rings. The average Bonchev–Trinajstić information content (AvgIpc) is 3.07. The Morgan fingerprint density at radius 2 is 1.83 bits per heavy atom. The van der Waals surface area contributed by atoms with Crippen molar-refractivity contribution in [1.29, 1.82) is 0 Å². The largest absolute Gasteiger partial charge is 0.493 e. The van der Waals surface area contributed by atoms with Crippen LogP contribution in [0.5, 0.6) is 11.5 Å². The number of ether oxygens (including phenoxy) is 3. The summed E-state index contributed by atoms with van der Waals surface area (Å²) in [6.45, 7) is 4.46. The maximum absolute atomic E-state index is 13.1. The highest BCUT2D eigenvalue weighted by Gasteiger charge is 2.28. The van der Waals surface area contributed by atoms with Crippen molar-refractivity contribution in [3.05, 3.63) is 56.5 Å². The third-order valence-corrected chi connectivity index (χ3v) is 5.48. The van der Waals surface area contributed by atoms with Crippen LogP contribution in [0.3, 0.4) is 0 Å². The van der Waals surface area contributed by atoms with Crippen molar-refractivity contribution in [1.82, 2.24) is 9.88 Å². The molecule has 29 heavy (non-hydrogen) atoms. The second-order valence-corrected chi connectivity index (χ2v) is 7.26. The number of nitrogens with one attached hydrogen (secondary N) is 1. The van der Waals surface area contributed by atoms with Crippen molar-refractivity contribution >= 4 is 5.91 Å². The SMILES string of the molecule is COCCn1c(C)cc(C)c(C(=O)N[C@@H]2CCc3cc(OC)c(OC)cc32)c1=O. The van der Waals surface area contributed by atoms with Gasteiger partial charge in [0.2, 0.25) is 0 Å². The van der Waals surface area contributed by atoms with Gasteiger partial charge in [-0.05, 0) is 61.6 Å². The zero-order valence-electron chi connectivity index (χ0n) is 17.6. The molecular formula is C22H28N2O5. The van der Waals surface area contributed by atoms with E-state index in [4.69, 9.17) is 14.2 Å². The molecule has 1 aliphatic carbocycles. The molecule has 1 aliphatic rings. The second kappa shape index (κ2) is 8.69. The molecule has 2 aromatic rings. The smallest absolute Gasteiger partial charge is 0.263 e. The van der Waals surface area contributed by atoms with Crippen LogP contribution < -0.4 is 20.3 Å². The second-order valence-electron chi connectivity index (χ2n) is 7.26. The van der Waals surface area contributed by atoms with Gasteiger partial charge < -0.3 is 24.1 Å². The summed E-state index contributed by atoms with van der Waals surface area (Å²) in [5.41, 5.74) is 3.49. The Morgan fingerprint density at radius 3 is 2.48 bits per heavy atom. The van der Waals surface area contributed by atoms with Gasteiger partial charge in [0.1, 0.15) is 5.56 Å². The van der Waals surface area contributed by atoms with E-state index in [0.29, 0.717) is 30.2 Å². The summed E-state index contributed by atoms with van der Waals surface area (Å²) >= 11 is 0. The molecule has 0 spiro atoms. The molecule has 0 radical (unpaired) electrons. The minimum atomic E-state index is -0.355. The Balaban J connectivity index is 1.90. The van der Waals surface area contributed by atoms with Gasteiger partial charge in [0.15, 0.2) is 11.5 Å². The summed E-state index contributed by atoms with van der Waals surface area (Å²) in [7, 11) is 4.78. The van der Waals surface area contributed by atoms with E-state index < -0.39 is 0 Å². The first-order valence-electron chi connectivity index (χ1n) is 9.66. The van der Waals surface area contributed by atoms with Gasteiger partial charge in [0.25, 0.3) is 11.5 Å². The standard InChI is InChI=1S/C22H28N2O5/c1-13-10-14(2)24(8-9-27-3)22(26)20(13)21(25)23-17-7-6-15-11-18(28-4)19(29-5)12-16(15)17/h10-12,17H,6-9H2,1-5H3,(H,23,25)/t17-/m1/s1. The summed E-state index contributed by atoms with van der Waals surface area (Å²) in [6, 6.07) is 5.55. The molecule has 0 bridgehead atoms. The van der Waals surface area contributed by atoms with Crippen LogP contribution in [0.2, 0.25) is 0 Å². The minimum absolute atomic E-state index is 0.176. The fourth-order valence-corrected chi connectivity index (χ4v) is 3.98. The highest BCUT2D eigenvalue weighted by Crippen LogP contribution is 2.39. The molecule has 1 heterocycles. The van der Waals surface area contributed by atoms with E-state index in [-0.39, 0.29) is 23.1 Å². The van der Waals surface area contributed by atoms with Crippen LogP contribution in [0.25, 0.3) is 0 Å². The van der Waals surface area contributed by atoms with Crippen molar-refractivity contribution in [3.63, 3.8) is 0 Å². The number of amides is 1. The molecule has 0 saturated heterocycles. The van der Waals surface area contributed by atoms with Gasteiger partial charge in [-0.2, -0.15) is 0 Å². The van der Waals surface area contributed by atoms with Crippen molar-refractivity contribution in [3.8, 4) is 11.5 Å². The van der Waals surface area contributed by atoms with E-state index in [1.54, 1.807) is 32.8 Å². The first-order chi connectivity index (χ1) is 13.9. The third-order valence-electron chi connectivity index (χ3n) is 5.48. The van der Waals surface area contributed by atoms with Crippen molar-refractivity contribution < 1.29 is 19.0 Å². The Bertz CT molecular complexity index is 980. The Kier molecular flexibility index (Phi) is 6.27. The summed E-state index contributed by atoms with van der Waals surface area (Å²) < 4.78 is 17.4. The predicted octanol–water partition coefficient (Wildman–Crippen LogP) is 2.55. The topological polar surface area (TPSA) is 78.8 Å². The normalized spacial score (nSPS) is 15.1. The number of hydrogen-bond donors (Lipinski definition) is 1. The van der Waals surface area contributed by atoms with E-state index in [2.05, 4.69) is 5.32 Å². The average molecular weight is 400 g/mol. The third kappa shape index (κ3) is 4.00. The number of carbonyl (C=O) groups excluding carboxylic acids is 1. The van der Waals surface area contributed by atoms with Gasteiger partial charge >= 0.3 is 0 Å². The predicted molar refractivity (Wildman–Crippen MR) is 110 cm³/mol. The zero-order chi connectivity index (χ0) is 21.1. The number of fused-ring (bicyclic) bond motifs is 1. The maximum atomic E-state index is 13.1. The van der Waals surface area contributed by atoms with Crippen LogP contribution in [-0.2, 0) is 17.7 Å². The van der Waals surface area contributed by atoms with E-state index in [1.165, 1.54) is 0 Å². The number of carbonyl (C=O) groups is 1. The van der Waals surface area contributed by atoms with Crippen molar-refractivity contribution in [2.45, 2.75) is 39.3 Å². The monoisotopic (exact) mass is 400 g/mol. The lowest BCUT2D eigenvalue weighted by atomic mass is 10.1. The van der Waals surface area contributed by atoms with Crippen LogP contribution >= 0.6 is 0 Å². The number of methoxy groups -OCH3 is 3. The molecule has 0 unspecified atom stereocenters. The number of aryl methyl sites for hydroxylation is 3. The maximum Gasteiger partial charge on any atom is 0.263 e. The summed E-state index contributed by atoms with van der Waals surface area (Å²) in [5.74, 6) is 0.945. The molecule has 0 saturated carbocycles. The van der Waals surface area contributed by atoms with Gasteiger partial charge in [-0.3, -0.25) is 9.59 Å². The number of nitrogens with zero attached hydrogens (tertiary/aromatic N) is 1. The highest BCUT2D eigenvalue weighted by atomic mass is 16.5. The first-order valence-corrected chi connectivity index (χ1v) is 9.66. The molecule has 7 nitrogen and oxygen atoms in total. The van der Waals surface area contributed by atoms with Crippen LogP contribution in [0.4, 0.5) is 0 Å². The summed E-state index contributed by atoms with van der Waals surface area (Å²) in [6.07, 6.45) is 1.59. The molecule has 156 valence electrons. The van der Waals surface area contributed by atoms with Crippen LogP contribution in [-0.4, -0.2) is 38.4 Å². The molecule has 1 aromatic carbocycles. The van der Waals surface area contributed by atoms with Gasteiger partial charge in [-0.15, -0.1) is 0 Å². The van der Waals surface area contributed by atoms with Crippen molar-refractivity contribution in [2.75, 3.05) is 27.9 Å². The molecule has 1 aromatic heterocycles. The minimum Gasteiger partial charge on any atom is -0.493 e. The number of aromatic nitrogens is 1. The molecular weight excluding hydrogens is 372 g/mol. The van der Waals surface area contributed by atoms with E-state index in [1.807, 2.05) is 25.1 Å². The Labute approximate surface area is 170 Å². The molecule has 1 amide bonds. The molecule has 0 aliphatic heterocycles. The molecule has 1 atom stereocenters. The van der Waals surface area contributed by atoms with Gasteiger partial charge in [-0.1, -0.05) is 0 Å². The number of pyridine rings is 1. The lowest BCUT2D eigenvalue weighted by Crippen LogP contribution is -2.36. The number of benzene rings is 1. The van der Waals surface area contributed by atoms with Gasteiger partial charge in [0, 0.05) is 19.3 Å². The van der Waals surface area contributed by atoms with Gasteiger partial charge in [-0.25, -0.2) is 0 Å². The Morgan fingerprint density at radius 1 is 1.14 bits per heavy atom. The first kappa shape index (κ1) is 20.9. The fraction of sp³-hybridized carbons (Fsp3) is 0.455. The molecule has 3 rings (SSSR count). The van der Waals surface area contributed by atoms with Crippen LogP contribution in [0.15, 0.2) is 23.0 Å². The molecule has 1 N–H and O–H groups in total. The summed E-state index contributed by atoms with van der Waals surface area (Å²) in [4.78, 5) is 26.0. The number of rotatable bonds is 7. The zero-order valence-corrected chi connectivity index (χ0v) is 17.6. The van der Waals surface area contributed by atoms with E-state index in [0.717, 1.165) is 29.7 Å². The number of hydrogen-bond acceptors (Lipinski definition) is 5. The van der Waals surface area contributed by atoms with E-state index in [9.17, 15) is 9.59 Å². The quantitative estimate of drug-likeness (QED) is 0.773. The van der Waals surface area contributed by atoms with Gasteiger partial charge in [0.05, 0.1) is 26.9 Å². The lowest BCUT2D eigenvalue weighted by Gasteiger charge is -2.18. The van der Waals surface area contributed by atoms with Crippen LogP contribution in [0.1, 0.15) is 45.2 Å². The van der Waals surface area contributed by atoms with Crippen LogP contribution in [0, 0.1) is 13.8 Å². The summed E-state index contributed by atoms with van der Waals surface area (Å²) in [5, 5.41) is 3.04. The Hall–Kier alpha value is -2.80. The molecule has 7 heteroatoms. The lowest BCUT2D eigenvalue weighted by molar-refractivity contribution is 0.0933.